The Morgan fingerprint density at radius 1 is 0.931 bits per heavy atom. The van der Waals surface area contributed by atoms with Gasteiger partial charge in [0.15, 0.2) is 5.54 Å². The second-order valence-electron chi connectivity index (χ2n) is 7.45. The molecule has 5 nitrogen and oxygen atoms in total. The van der Waals surface area contributed by atoms with Crippen molar-refractivity contribution in [2.24, 2.45) is 5.92 Å². The van der Waals surface area contributed by atoms with Crippen molar-refractivity contribution in [3.05, 3.63) is 54.1 Å². The molecule has 1 unspecified atom stereocenters. The molecule has 0 radical (unpaired) electrons. The maximum absolute atomic E-state index is 13.5. The highest BCUT2D eigenvalue weighted by molar-refractivity contribution is 5.87. The van der Waals surface area contributed by atoms with E-state index in [4.69, 9.17) is 14.2 Å². The maximum atomic E-state index is 13.5. The van der Waals surface area contributed by atoms with E-state index >= 15 is 0 Å². The summed E-state index contributed by atoms with van der Waals surface area (Å²) < 4.78 is 16.2. The lowest BCUT2D eigenvalue weighted by molar-refractivity contribution is -0.151. The molecular weight excluding hydrogens is 366 g/mol. The van der Waals surface area contributed by atoms with Crippen LogP contribution in [0.25, 0.3) is 0 Å². The zero-order valence-electron chi connectivity index (χ0n) is 17.6. The van der Waals surface area contributed by atoms with E-state index in [1.165, 1.54) is 6.42 Å². The molecule has 2 aromatic carbocycles. The predicted octanol–water partition coefficient (Wildman–Crippen LogP) is 5.15. The number of hydrogen-bond donors (Lipinski definition) is 1. The summed E-state index contributed by atoms with van der Waals surface area (Å²) in [6, 6.07) is 15.4. The summed E-state index contributed by atoms with van der Waals surface area (Å²) >= 11 is 0. The number of nitrogens with one attached hydrogen (secondary N) is 1. The van der Waals surface area contributed by atoms with Crippen LogP contribution in [0.5, 0.6) is 11.5 Å². The molecule has 1 N–H and O–H groups in total. The van der Waals surface area contributed by atoms with Gasteiger partial charge in [0.05, 0.1) is 20.8 Å². The van der Waals surface area contributed by atoms with Crippen LogP contribution in [0.3, 0.4) is 0 Å². The van der Waals surface area contributed by atoms with Crippen LogP contribution in [-0.2, 0) is 15.1 Å². The summed E-state index contributed by atoms with van der Waals surface area (Å²) in [6.45, 7) is 2.19. The number of anilines is 1. The smallest absolute Gasteiger partial charge is 0.336 e. The Balaban J connectivity index is 2.09. The molecule has 1 saturated carbocycles. The summed E-state index contributed by atoms with van der Waals surface area (Å²) in [7, 11) is 3.29. The number of rotatable bonds is 8. The molecule has 0 spiro atoms. The quantitative estimate of drug-likeness (QED) is 0.624. The Morgan fingerprint density at radius 2 is 1.48 bits per heavy atom. The monoisotopic (exact) mass is 397 g/mol. The normalized spacial score (nSPS) is 16.5. The first-order valence-corrected chi connectivity index (χ1v) is 10.4. The van der Waals surface area contributed by atoms with E-state index in [0.29, 0.717) is 6.61 Å². The lowest BCUT2D eigenvalue weighted by Gasteiger charge is -2.42. The molecule has 3 rings (SSSR count). The van der Waals surface area contributed by atoms with Gasteiger partial charge in [-0.05, 0) is 67.6 Å². The van der Waals surface area contributed by atoms with Crippen molar-refractivity contribution >= 4 is 11.7 Å². The van der Waals surface area contributed by atoms with Gasteiger partial charge < -0.3 is 19.5 Å². The van der Waals surface area contributed by atoms with Gasteiger partial charge in [-0.1, -0.05) is 31.4 Å². The van der Waals surface area contributed by atoms with E-state index in [1.54, 1.807) is 14.2 Å². The number of esters is 1. The largest absolute Gasteiger partial charge is 0.497 e. The van der Waals surface area contributed by atoms with Crippen LogP contribution in [0.4, 0.5) is 5.69 Å². The van der Waals surface area contributed by atoms with Gasteiger partial charge in [-0.2, -0.15) is 0 Å². The van der Waals surface area contributed by atoms with E-state index < -0.39 is 5.54 Å². The van der Waals surface area contributed by atoms with Crippen molar-refractivity contribution < 1.29 is 19.0 Å². The molecule has 1 atom stereocenters. The second-order valence-corrected chi connectivity index (χ2v) is 7.45. The van der Waals surface area contributed by atoms with Gasteiger partial charge in [-0.25, -0.2) is 4.79 Å². The van der Waals surface area contributed by atoms with Crippen molar-refractivity contribution in [2.45, 2.75) is 44.6 Å². The molecule has 0 aliphatic heterocycles. The summed E-state index contributed by atoms with van der Waals surface area (Å²) in [5.74, 6) is 1.46. The number of methoxy groups -OCH3 is 2. The molecule has 156 valence electrons. The van der Waals surface area contributed by atoms with Crippen LogP contribution in [0.2, 0.25) is 0 Å². The lowest BCUT2D eigenvalue weighted by Crippen LogP contribution is -2.51. The van der Waals surface area contributed by atoms with Gasteiger partial charge in [-0.15, -0.1) is 0 Å². The van der Waals surface area contributed by atoms with Crippen LogP contribution in [0.1, 0.15) is 44.6 Å². The van der Waals surface area contributed by atoms with Crippen LogP contribution in [0.15, 0.2) is 48.5 Å². The van der Waals surface area contributed by atoms with E-state index in [1.807, 2.05) is 55.5 Å². The van der Waals surface area contributed by atoms with Gasteiger partial charge in [-0.3, -0.25) is 0 Å². The van der Waals surface area contributed by atoms with Crippen molar-refractivity contribution in [1.82, 2.24) is 0 Å². The third-order valence-corrected chi connectivity index (χ3v) is 5.79. The van der Waals surface area contributed by atoms with Gasteiger partial charge >= 0.3 is 5.97 Å². The topological polar surface area (TPSA) is 56.8 Å². The highest BCUT2D eigenvalue weighted by Crippen LogP contribution is 2.43. The molecule has 0 aromatic heterocycles. The molecule has 1 aliphatic carbocycles. The van der Waals surface area contributed by atoms with E-state index in [-0.39, 0.29) is 11.9 Å². The van der Waals surface area contributed by atoms with Gasteiger partial charge in [0, 0.05) is 5.69 Å². The first kappa shape index (κ1) is 21.0. The standard InChI is InChI=1S/C24H31NO4/c1-4-29-23(26)24(18-8-6-5-7-9-18,19-10-14-21(27-2)15-11-19)25-20-12-16-22(28-3)17-13-20/h10-18,25H,4-9H2,1-3H3. The fourth-order valence-corrected chi connectivity index (χ4v) is 4.28. The fraction of sp³-hybridized carbons (Fsp3) is 0.458. The third-order valence-electron chi connectivity index (χ3n) is 5.79. The average molecular weight is 398 g/mol. The fourth-order valence-electron chi connectivity index (χ4n) is 4.28. The Morgan fingerprint density at radius 3 is 2.00 bits per heavy atom. The van der Waals surface area contributed by atoms with E-state index in [2.05, 4.69) is 5.32 Å². The average Bonchev–Trinajstić information content (AvgIpc) is 2.78. The molecule has 5 heteroatoms. The Hall–Kier alpha value is -2.69. The van der Waals surface area contributed by atoms with Crippen molar-refractivity contribution in [3.63, 3.8) is 0 Å². The number of hydrogen-bond acceptors (Lipinski definition) is 5. The van der Waals surface area contributed by atoms with Crippen molar-refractivity contribution in [3.8, 4) is 11.5 Å². The minimum Gasteiger partial charge on any atom is -0.497 e. The number of ether oxygens (including phenoxy) is 3. The summed E-state index contributed by atoms with van der Waals surface area (Å²) in [5, 5.41) is 3.58. The van der Waals surface area contributed by atoms with Crippen molar-refractivity contribution in [2.75, 3.05) is 26.1 Å². The molecule has 0 amide bonds. The zero-order chi connectivity index (χ0) is 20.7. The lowest BCUT2D eigenvalue weighted by atomic mass is 9.70. The summed E-state index contributed by atoms with van der Waals surface area (Å²) in [5.41, 5.74) is 0.816. The molecular formula is C24H31NO4. The van der Waals surface area contributed by atoms with E-state index in [0.717, 1.165) is 48.4 Å². The summed E-state index contributed by atoms with van der Waals surface area (Å²) in [6.07, 6.45) is 5.40. The van der Waals surface area contributed by atoms with E-state index in [9.17, 15) is 4.79 Å². The maximum Gasteiger partial charge on any atom is 0.336 e. The highest BCUT2D eigenvalue weighted by atomic mass is 16.5. The number of carbonyl (C=O) groups is 1. The Labute approximate surface area is 173 Å². The first-order valence-electron chi connectivity index (χ1n) is 10.4. The molecule has 1 aliphatic rings. The second kappa shape index (κ2) is 9.68. The van der Waals surface area contributed by atoms with Gasteiger partial charge in [0.1, 0.15) is 11.5 Å². The number of benzene rings is 2. The van der Waals surface area contributed by atoms with Crippen LogP contribution < -0.4 is 14.8 Å². The zero-order valence-corrected chi connectivity index (χ0v) is 17.6. The molecule has 0 bridgehead atoms. The van der Waals surface area contributed by atoms with Gasteiger partial charge in [0.25, 0.3) is 0 Å². The van der Waals surface area contributed by atoms with Crippen LogP contribution >= 0.6 is 0 Å². The molecule has 2 aromatic rings. The minimum atomic E-state index is -0.947. The Kier molecular flexibility index (Phi) is 7.02. The SMILES string of the molecule is CCOC(=O)C(Nc1ccc(OC)cc1)(c1ccc(OC)cc1)C1CCCCC1. The molecule has 0 saturated heterocycles. The predicted molar refractivity (Wildman–Crippen MR) is 114 cm³/mol. The highest BCUT2D eigenvalue weighted by Gasteiger charge is 2.48. The molecule has 1 fully saturated rings. The third kappa shape index (κ3) is 4.50. The summed E-state index contributed by atoms with van der Waals surface area (Å²) in [4.78, 5) is 13.5. The molecule has 29 heavy (non-hydrogen) atoms. The number of carbonyl (C=O) groups excluding carboxylic acids is 1. The Bertz CT molecular complexity index is 782. The van der Waals surface area contributed by atoms with Crippen LogP contribution in [-0.4, -0.2) is 26.8 Å². The van der Waals surface area contributed by atoms with Crippen molar-refractivity contribution in [1.29, 1.82) is 0 Å². The van der Waals surface area contributed by atoms with Crippen LogP contribution in [0, 0.1) is 5.92 Å². The van der Waals surface area contributed by atoms with Gasteiger partial charge in [0.2, 0.25) is 0 Å². The first-order chi connectivity index (χ1) is 14.1. The minimum absolute atomic E-state index is 0.144. The molecule has 0 heterocycles.